The standard InChI is InChI=1S/C14H22N2O4/c1-18-6-7-20-9-11-4-3-5-12(8-11)16-14(17)13(15)10-19-2/h3-5,8,13H,6-7,9-10,15H2,1-2H3,(H,16,17). The third-order valence-corrected chi connectivity index (χ3v) is 2.58. The van der Waals surface area contributed by atoms with Crippen LogP contribution in [-0.2, 0) is 25.6 Å². The zero-order valence-corrected chi connectivity index (χ0v) is 11.9. The van der Waals surface area contributed by atoms with Gasteiger partial charge in [-0.05, 0) is 17.7 Å². The Balaban J connectivity index is 2.48. The molecule has 0 spiro atoms. The van der Waals surface area contributed by atoms with Gasteiger partial charge < -0.3 is 25.3 Å². The first-order valence-electron chi connectivity index (χ1n) is 6.38. The highest BCUT2D eigenvalue weighted by atomic mass is 16.5. The summed E-state index contributed by atoms with van der Waals surface area (Å²) in [4.78, 5) is 11.7. The smallest absolute Gasteiger partial charge is 0.243 e. The summed E-state index contributed by atoms with van der Waals surface area (Å²) < 4.78 is 15.2. The maximum atomic E-state index is 11.7. The van der Waals surface area contributed by atoms with Gasteiger partial charge in [0, 0.05) is 19.9 Å². The molecule has 0 saturated heterocycles. The van der Waals surface area contributed by atoms with Crippen LogP contribution < -0.4 is 11.1 Å². The van der Waals surface area contributed by atoms with E-state index in [2.05, 4.69) is 5.32 Å². The fraction of sp³-hybridized carbons (Fsp3) is 0.500. The minimum absolute atomic E-state index is 0.186. The van der Waals surface area contributed by atoms with Crippen LogP contribution in [0, 0.1) is 0 Å². The number of nitrogens with two attached hydrogens (primary N) is 1. The predicted octanol–water partition coefficient (Wildman–Crippen LogP) is 0.762. The Labute approximate surface area is 119 Å². The number of ether oxygens (including phenoxy) is 3. The van der Waals surface area contributed by atoms with E-state index < -0.39 is 6.04 Å². The van der Waals surface area contributed by atoms with Crippen LogP contribution in [0.4, 0.5) is 5.69 Å². The van der Waals surface area contributed by atoms with Crippen molar-refractivity contribution in [3.8, 4) is 0 Å². The molecule has 0 radical (unpaired) electrons. The van der Waals surface area contributed by atoms with Gasteiger partial charge in [-0.1, -0.05) is 12.1 Å². The van der Waals surface area contributed by atoms with E-state index in [4.69, 9.17) is 19.9 Å². The van der Waals surface area contributed by atoms with Gasteiger partial charge >= 0.3 is 0 Å². The van der Waals surface area contributed by atoms with Crippen molar-refractivity contribution in [1.82, 2.24) is 0 Å². The number of carbonyl (C=O) groups is 1. The van der Waals surface area contributed by atoms with Crippen molar-refractivity contribution in [2.45, 2.75) is 12.6 Å². The summed E-state index contributed by atoms with van der Waals surface area (Å²) in [6.07, 6.45) is 0. The third kappa shape index (κ3) is 6.12. The molecule has 1 unspecified atom stereocenters. The lowest BCUT2D eigenvalue weighted by molar-refractivity contribution is -0.118. The molecule has 6 nitrogen and oxygen atoms in total. The minimum Gasteiger partial charge on any atom is -0.383 e. The van der Waals surface area contributed by atoms with Gasteiger partial charge in [0.2, 0.25) is 5.91 Å². The van der Waals surface area contributed by atoms with Crippen LogP contribution in [0.3, 0.4) is 0 Å². The van der Waals surface area contributed by atoms with Crippen molar-refractivity contribution < 1.29 is 19.0 Å². The van der Waals surface area contributed by atoms with Crippen molar-refractivity contribution in [3.05, 3.63) is 29.8 Å². The first-order chi connectivity index (χ1) is 9.67. The molecule has 0 fully saturated rings. The zero-order chi connectivity index (χ0) is 14.8. The van der Waals surface area contributed by atoms with Crippen molar-refractivity contribution >= 4 is 11.6 Å². The fourth-order valence-corrected chi connectivity index (χ4v) is 1.56. The molecule has 0 aliphatic carbocycles. The Morgan fingerprint density at radius 1 is 1.30 bits per heavy atom. The van der Waals surface area contributed by atoms with Crippen molar-refractivity contribution in [2.24, 2.45) is 5.73 Å². The SMILES string of the molecule is COCCOCc1cccc(NC(=O)C(N)COC)c1. The number of benzene rings is 1. The summed E-state index contributed by atoms with van der Waals surface area (Å²) in [7, 11) is 3.13. The predicted molar refractivity (Wildman–Crippen MR) is 76.5 cm³/mol. The quantitative estimate of drug-likeness (QED) is 0.653. The molecule has 0 saturated carbocycles. The number of hydrogen-bond acceptors (Lipinski definition) is 5. The van der Waals surface area contributed by atoms with Crippen LogP contribution in [0.15, 0.2) is 24.3 Å². The molecule has 6 heteroatoms. The fourth-order valence-electron chi connectivity index (χ4n) is 1.56. The van der Waals surface area contributed by atoms with E-state index in [1.54, 1.807) is 13.2 Å². The number of rotatable bonds is 9. The van der Waals surface area contributed by atoms with Crippen LogP contribution >= 0.6 is 0 Å². The number of methoxy groups -OCH3 is 2. The topological polar surface area (TPSA) is 82.8 Å². The highest BCUT2D eigenvalue weighted by Crippen LogP contribution is 2.11. The lowest BCUT2D eigenvalue weighted by Crippen LogP contribution is -2.39. The van der Waals surface area contributed by atoms with Crippen molar-refractivity contribution in [1.29, 1.82) is 0 Å². The molecule has 1 atom stereocenters. The monoisotopic (exact) mass is 282 g/mol. The molecular formula is C14H22N2O4. The third-order valence-electron chi connectivity index (χ3n) is 2.58. The van der Waals surface area contributed by atoms with Crippen LogP contribution in [0.5, 0.6) is 0 Å². The molecule has 0 aliphatic heterocycles. The second-order valence-electron chi connectivity index (χ2n) is 4.30. The Hall–Kier alpha value is -1.47. The largest absolute Gasteiger partial charge is 0.383 e. The highest BCUT2D eigenvalue weighted by Gasteiger charge is 2.13. The van der Waals surface area contributed by atoms with E-state index >= 15 is 0 Å². The Morgan fingerprint density at radius 2 is 2.10 bits per heavy atom. The number of nitrogens with one attached hydrogen (secondary N) is 1. The molecule has 0 aromatic heterocycles. The van der Waals surface area contributed by atoms with Gasteiger partial charge in [-0.2, -0.15) is 0 Å². The number of carbonyl (C=O) groups excluding carboxylic acids is 1. The molecule has 0 heterocycles. The molecule has 1 aromatic carbocycles. The maximum absolute atomic E-state index is 11.7. The number of hydrogen-bond donors (Lipinski definition) is 2. The molecular weight excluding hydrogens is 260 g/mol. The molecule has 0 bridgehead atoms. The molecule has 1 amide bonds. The molecule has 1 rings (SSSR count). The van der Waals surface area contributed by atoms with Crippen molar-refractivity contribution in [2.75, 3.05) is 39.4 Å². The maximum Gasteiger partial charge on any atom is 0.243 e. The van der Waals surface area contributed by atoms with E-state index in [9.17, 15) is 4.79 Å². The second-order valence-corrected chi connectivity index (χ2v) is 4.30. The van der Waals surface area contributed by atoms with Gasteiger partial charge in [0.05, 0.1) is 26.4 Å². The van der Waals surface area contributed by atoms with E-state index in [-0.39, 0.29) is 12.5 Å². The van der Waals surface area contributed by atoms with Gasteiger partial charge in [-0.25, -0.2) is 0 Å². The summed E-state index contributed by atoms with van der Waals surface area (Å²) in [5, 5.41) is 2.74. The van der Waals surface area contributed by atoms with E-state index in [1.807, 2.05) is 18.2 Å². The Morgan fingerprint density at radius 3 is 2.80 bits per heavy atom. The molecule has 112 valence electrons. The van der Waals surface area contributed by atoms with Crippen LogP contribution in [0.1, 0.15) is 5.56 Å². The summed E-state index contributed by atoms with van der Waals surface area (Å²) >= 11 is 0. The molecule has 0 aliphatic rings. The van der Waals surface area contributed by atoms with Gasteiger partial charge in [0.1, 0.15) is 6.04 Å². The average Bonchev–Trinajstić information content (AvgIpc) is 2.44. The van der Waals surface area contributed by atoms with E-state index in [0.29, 0.717) is 25.5 Å². The summed E-state index contributed by atoms with van der Waals surface area (Å²) in [5.41, 5.74) is 7.31. The van der Waals surface area contributed by atoms with Crippen molar-refractivity contribution in [3.63, 3.8) is 0 Å². The minimum atomic E-state index is -0.679. The molecule has 20 heavy (non-hydrogen) atoms. The van der Waals surface area contributed by atoms with E-state index in [1.165, 1.54) is 7.11 Å². The number of anilines is 1. The summed E-state index contributed by atoms with van der Waals surface area (Å²) in [5.74, 6) is -0.274. The van der Waals surface area contributed by atoms with Crippen LogP contribution in [-0.4, -0.2) is 46.0 Å². The molecule has 3 N–H and O–H groups in total. The Bertz CT molecular complexity index is 412. The lowest BCUT2D eigenvalue weighted by Gasteiger charge is -2.12. The van der Waals surface area contributed by atoms with Gasteiger partial charge in [0.25, 0.3) is 0 Å². The zero-order valence-electron chi connectivity index (χ0n) is 11.9. The first-order valence-corrected chi connectivity index (χ1v) is 6.38. The lowest BCUT2D eigenvalue weighted by atomic mass is 10.2. The van der Waals surface area contributed by atoms with Gasteiger partial charge in [-0.3, -0.25) is 4.79 Å². The van der Waals surface area contributed by atoms with Crippen LogP contribution in [0.2, 0.25) is 0 Å². The average molecular weight is 282 g/mol. The highest BCUT2D eigenvalue weighted by molar-refractivity contribution is 5.94. The number of amides is 1. The summed E-state index contributed by atoms with van der Waals surface area (Å²) in [6.45, 7) is 1.75. The van der Waals surface area contributed by atoms with Gasteiger partial charge in [0.15, 0.2) is 0 Å². The normalized spacial score (nSPS) is 12.2. The Kier molecular flexibility index (Phi) is 7.82. The first kappa shape index (κ1) is 16.6. The van der Waals surface area contributed by atoms with Crippen LogP contribution in [0.25, 0.3) is 0 Å². The summed E-state index contributed by atoms with van der Waals surface area (Å²) in [6, 6.07) is 6.76. The molecule has 1 aromatic rings. The second kappa shape index (κ2) is 9.44. The van der Waals surface area contributed by atoms with Gasteiger partial charge in [-0.15, -0.1) is 0 Å². The van der Waals surface area contributed by atoms with E-state index in [0.717, 1.165) is 5.56 Å².